The van der Waals surface area contributed by atoms with Gasteiger partial charge in [-0.15, -0.1) is 0 Å². The van der Waals surface area contributed by atoms with Gasteiger partial charge in [0.1, 0.15) is 35.6 Å². The highest BCUT2D eigenvalue weighted by molar-refractivity contribution is 5.72. The Hall–Kier alpha value is -2.98. The molecule has 2 heterocycles. The zero-order chi connectivity index (χ0) is 17.1. The highest BCUT2D eigenvalue weighted by Crippen LogP contribution is 2.41. The Labute approximate surface area is 139 Å². The summed E-state index contributed by atoms with van der Waals surface area (Å²) < 4.78 is 16.7. The van der Waals surface area contributed by atoms with E-state index in [-0.39, 0.29) is 11.4 Å². The van der Waals surface area contributed by atoms with Gasteiger partial charge in [-0.3, -0.25) is 0 Å². The molecule has 0 amide bonds. The summed E-state index contributed by atoms with van der Waals surface area (Å²) >= 11 is 0. The first-order chi connectivity index (χ1) is 11.6. The molecule has 0 saturated heterocycles. The number of anilines is 2. The van der Waals surface area contributed by atoms with E-state index in [0.717, 1.165) is 5.56 Å². The molecule has 0 spiro atoms. The van der Waals surface area contributed by atoms with Crippen LogP contribution in [0, 0.1) is 11.3 Å². The van der Waals surface area contributed by atoms with E-state index in [1.807, 2.05) is 25.1 Å². The molecule has 0 atom stereocenters. The fraction of sp³-hybridized carbons (Fsp3) is 0.294. The number of fused-ring (bicyclic) bond motifs is 2. The predicted molar refractivity (Wildman–Crippen MR) is 89.1 cm³/mol. The largest absolute Gasteiger partial charge is 0.491 e. The number of nitrogen functional groups attached to an aromatic ring is 2. The second-order valence-corrected chi connectivity index (χ2v) is 5.27. The summed E-state index contributed by atoms with van der Waals surface area (Å²) in [5.74, 6) is 1.74. The van der Waals surface area contributed by atoms with Gasteiger partial charge < -0.3 is 25.7 Å². The topological polar surface area (TPSA) is 116 Å². The first-order valence-corrected chi connectivity index (χ1v) is 7.63. The van der Waals surface area contributed by atoms with Crippen molar-refractivity contribution in [3.05, 3.63) is 34.9 Å². The van der Waals surface area contributed by atoms with E-state index in [1.54, 1.807) is 6.07 Å². The maximum Gasteiger partial charge on any atom is 0.226 e. The van der Waals surface area contributed by atoms with Crippen LogP contribution in [0.25, 0.3) is 0 Å². The summed E-state index contributed by atoms with van der Waals surface area (Å²) in [5, 5.41) is 9.14. The summed E-state index contributed by atoms with van der Waals surface area (Å²) in [6.45, 7) is 3.59. The highest BCUT2D eigenvalue weighted by atomic mass is 16.5. The van der Waals surface area contributed by atoms with Gasteiger partial charge in [0.25, 0.3) is 0 Å². The van der Waals surface area contributed by atoms with Crippen LogP contribution in [-0.2, 0) is 11.2 Å². The lowest BCUT2D eigenvalue weighted by atomic mass is 9.99. The molecular formula is C17H18N4O3. The van der Waals surface area contributed by atoms with Crippen LogP contribution in [0.3, 0.4) is 0 Å². The Morgan fingerprint density at radius 3 is 2.92 bits per heavy atom. The molecule has 3 rings (SSSR count). The van der Waals surface area contributed by atoms with Crippen molar-refractivity contribution in [3.8, 4) is 23.4 Å². The van der Waals surface area contributed by atoms with Gasteiger partial charge in [0.05, 0.1) is 12.3 Å². The van der Waals surface area contributed by atoms with Crippen LogP contribution in [0.5, 0.6) is 17.4 Å². The zero-order valence-electron chi connectivity index (χ0n) is 13.3. The van der Waals surface area contributed by atoms with Crippen LogP contribution >= 0.6 is 0 Å². The summed E-state index contributed by atoms with van der Waals surface area (Å²) in [5.41, 5.74) is 13.9. The van der Waals surface area contributed by atoms with Crippen LogP contribution in [0.2, 0.25) is 0 Å². The van der Waals surface area contributed by atoms with E-state index < -0.39 is 0 Å². The molecule has 7 nitrogen and oxygen atoms in total. The van der Waals surface area contributed by atoms with Gasteiger partial charge in [-0.05, 0) is 18.6 Å². The van der Waals surface area contributed by atoms with Crippen LogP contribution in [0.4, 0.5) is 11.5 Å². The fourth-order valence-electron chi connectivity index (χ4n) is 2.53. The summed E-state index contributed by atoms with van der Waals surface area (Å²) in [4.78, 5) is 4.15. The van der Waals surface area contributed by atoms with E-state index in [0.29, 0.717) is 54.9 Å². The zero-order valence-corrected chi connectivity index (χ0v) is 13.3. The van der Waals surface area contributed by atoms with Crippen LogP contribution in [-0.4, -0.2) is 24.8 Å². The summed E-state index contributed by atoms with van der Waals surface area (Å²) in [7, 11) is 0. The number of aromatic nitrogens is 1. The molecule has 1 aliphatic rings. The molecule has 24 heavy (non-hydrogen) atoms. The third-order valence-electron chi connectivity index (χ3n) is 3.76. The molecule has 1 aliphatic heterocycles. The first kappa shape index (κ1) is 15.9. The maximum atomic E-state index is 9.14. The molecule has 0 fully saturated rings. The number of ether oxygens (including phenoxy) is 3. The third kappa shape index (κ3) is 2.92. The molecule has 4 N–H and O–H groups in total. The predicted octanol–water partition coefficient (Wildman–Crippen LogP) is 2.23. The molecular weight excluding hydrogens is 308 g/mol. The van der Waals surface area contributed by atoms with Gasteiger partial charge in [-0.1, -0.05) is 6.07 Å². The Balaban J connectivity index is 1.84. The molecule has 7 heteroatoms. The van der Waals surface area contributed by atoms with Crippen molar-refractivity contribution in [1.29, 1.82) is 5.26 Å². The van der Waals surface area contributed by atoms with Crippen LogP contribution < -0.4 is 20.9 Å². The second-order valence-electron chi connectivity index (χ2n) is 5.27. The minimum absolute atomic E-state index is 0.0707. The van der Waals surface area contributed by atoms with Gasteiger partial charge in [-0.25, -0.2) is 0 Å². The standard InChI is InChI=1S/C17H18N4O3/c1-2-22-5-6-23-11-4-3-10-7-12-15(19)13(9-18)16(20)21-17(12)24-14(10)8-11/h3-4,8H,2,5-7H2,1H3,(H4,19,20,21). The number of hydrogen-bond donors (Lipinski definition) is 2. The highest BCUT2D eigenvalue weighted by Gasteiger charge is 2.24. The lowest BCUT2D eigenvalue weighted by Crippen LogP contribution is -2.12. The van der Waals surface area contributed by atoms with Crippen molar-refractivity contribution < 1.29 is 14.2 Å². The number of nitrogens with two attached hydrogens (primary N) is 2. The maximum absolute atomic E-state index is 9.14. The van der Waals surface area contributed by atoms with Crippen LogP contribution in [0.15, 0.2) is 18.2 Å². The quantitative estimate of drug-likeness (QED) is 0.690. The minimum atomic E-state index is 0.0707. The molecule has 0 saturated carbocycles. The smallest absolute Gasteiger partial charge is 0.226 e. The van der Waals surface area contributed by atoms with E-state index in [4.69, 9.17) is 30.9 Å². The van der Waals surface area contributed by atoms with Crippen LogP contribution in [0.1, 0.15) is 23.6 Å². The fourth-order valence-corrected chi connectivity index (χ4v) is 2.53. The molecule has 124 valence electrons. The third-order valence-corrected chi connectivity index (χ3v) is 3.76. The van der Waals surface area contributed by atoms with Crippen molar-refractivity contribution in [3.63, 3.8) is 0 Å². The lowest BCUT2D eigenvalue weighted by Gasteiger charge is -2.22. The van der Waals surface area contributed by atoms with E-state index in [2.05, 4.69) is 4.98 Å². The SMILES string of the molecule is CCOCCOc1ccc2c(c1)Oc1nc(N)c(C#N)c(N)c1C2. The minimum Gasteiger partial charge on any atom is -0.491 e. The number of benzene rings is 1. The molecule has 0 radical (unpaired) electrons. The van der Waals surface area contributed by atoms with Crippen molar-refractivity contribution in [2.24, 2.45) is 0 Å². The molecule has 1 aromatic carbocycles. The van der Waals surface area contributed by atoms with Crippen molar-refractivity contribution >= 4 is 11.5 Å². The van der Waals surface area contributed by atoms with E-state index in [9.17, 15) is 0 Å². The summed E-state index contributed by atoms with van der Waals surface area (Å²) in [6.07, 6.45) is 0.525. The van der Waals surface area contributed by atoms with Crippen molar-refractivity contribution in [2.75, 3.05) is 31.3 Å². The van der Waals surface area contributed by atoms with Gasteiger partial charge in [0, 0.05) is 24.7 Å². The second kappa shape index (κ2) is 6.64. The summed E-state index contributed by atoms with van der Waals surface area (Å²) in [6, 6.07) is 7.56. The number of nitriles is 1. The lowest BCUT2D eigenvalue weighted by molar-refractivity contribution is 0.110. The first-order valence-electron chi connectivity index (χ1n) is 7.63. The Morgan fingerprint density at radius 2 is 2.17 bits per heavy atom. The Morgan fingerprint density at radius 1 is 1.33 bits per heavy atom. The monoisotopic (exact) mass is 326 g/mol. The van der Waals surface area contributed by atoms with Crippen molar-refractivity contribution in [2.45, 2.75) is 13.3 Å². The number of rotatable bonds is 5. The molecule has 0 bridgehead atoms. The Bertz CT molecular complexity index is 814. The van der Waals surface area contributed by atoms with Gasteiger partial charge in [-0.2, -0.15) is 10.2 Å². The average molecular weight is 326 g/mol. The number of pyridine rings is 1. The number of nitrogens with zero attached hydrogens (tertiary/aromatic N) is 2. The van der Waals surface area contributed by atoms with Gasteiger partial charge >= 0.3 is 0 Å². The van der Waals surface area contributed by atoms with E-state index >= 15 is 0 Å². The Kier molecular flexibility index (Phi) is 4.40. The number of hydrogen-bond acceptors (Lipinski definition) is 7. The molecule has 2 aromatic rings. The molecule has 0 aliphatic carbocycles. The van der Waals surface area contributed by atoms with E-state index in [1.165, 1.54) is 0 Å². The average Bonchev–Trinajstić information content (AvgIpc) is 2.58. The molecule has 1 aromatic heterocycles. The van der Waals surface area contributed by atoms with Gasteiger partial charge in [0.2, 0.25) is 5.88 Å². The van der Waals surface area contributed by atoms with Crippen molar-refractivity contribution in [1.82, 2.24) is 4.98 Å². The normalized spacial score (nSPS) is 11.8. The molecule has 0 unspecified atom stereocenters. The van der Waals surface area contributed by atoms with Gasteiger partial charge in [0.15, 0.2) is 0 Å².